The minimum absolute atomic E-state index is 0.166. The lowest BCUT2D eigenvalue weighted by atomic mass is 10.0. The Labute approximate surface area is 172 Å². The van der Waals surface area contributed by atoms with E-state index in [1.54, 1.807) is 17.0 Å². The highest BCUT2D eigenvalue weighted by Gasteiger charge is 2.39. The monoisotopic (exact) mass is 411 g/mol. The molecule has 5 rings (SSSR count). The molecule has 7 nitrogen and oxygen atoms in total. The summed E-state index contributed by atoms with van der Waals surface area (Å²) in [5, 5.41) is 4.80. The molecule has 1 fully saturated rings. The predicted octanol–water partition coefficient (Wildman–Crippen LogP) is 2.41. The number of carbonyl (C=O) groups is 3. The average molecular weight is 412 g/mol. The molecule has 29 heavy (non-hydrogen) atoms. The van der Waals surface area contributed by atoms with E-state index in [-0.39, 0.29) is 18.2 Å². The minimum atomic E-state index is -0.600. The first-order valence-electron chi connectivity index (χ1n) is 9.46. The molecule has 1 saturated heterocycles. The van der Waals surface area contributed by atoms with E-state index >= 15 is 0 Å². The fourth-order valence-electron chi connectivity index (χ4n) is 4.12. The Morgan fingerprint density at radius 1 is 1.07 bits per heavy atom. The highest BCUT2D eigenvalue weighted by molar-refractivity contribution is 6.30. The summed E-state index contributed by atoms with van der Waals surface area (Å²) in [6.07, 6.45) is 0.609. The normalized spacial score (nSPS) is 21.1. The Morgan fingerprint density at radius 3 is 2.76 bits per heavy atom. The second kappa shape index (κ2) is 6.86. The van der Waals surface area contributed by atoms with Crippen LogP contribution in [-0.4, -0.2) is 33.7 Å². The lowest BCUT2D eigenvalue weighted by Gasteiger charge is -2.29. The van der Waals surface area contributed by atoms with E-state index < -0.39 is 11.9 Å². The highest BCUT2D eigenvalue weighted by Crippen LogP contribution is 2.33. The maximum Gasteiger partial charge on any atom is 0.255 e. The molecule has 2 aromatic rings. The molecular weight excluding hydrogens is 394 g/mol. The third-order valence-electron chi connectivity index (χ3n) is 5.55. The summed E-state index contributed by atoms with van der Waals surface area (Å²) >= 11 is 6.02. The Kier molecular flexibility index (Phi) is 4.29. The fraction of sp³-hybridized carbons (Fsp3) is 0.286. The Balaban J connectivity index is 1.30. The summed E-state index contributed by atoms with van der Waals surface area (Å²) in [7, 11) is 0. The highest BCUT2D eigenvalue weighted by atomic mass is 35.5. The van der Waals surface area contributed by atoms with Crippen molar-refractivity contribution >= 4 is 29.3 Å². The van der Waals surface area contributed by atoms with Crippen molar-refractivity contribution in [1.29, 1.82) is 0 Å². The first-order chi connectivity index (χ1) is 14.0. The largest absolute Gasteiger partial charge is 0.405 e. The number of imide groups is 1. The molecule has 3 amide bonds. The van der Waals surface area contributed by atoms with Crippen molar-refractivity contribution in [3.05, 3.63) is 63.7 Å². The van der Waals surface area contributed by atoms with Gasteiger partial charge in [-0.15, -0.1) is 5.06 Å². The topological polar surface area (TPSA) is 79.0 Å². The zero-order valence-electron chi connectivity index (χ0n) is 15.5. The first-order valence-corrected chi connectivity index (χ1v) is 9.83. The first kappa shape index (κ1) is 18.1. The average Bonchev–Trinajstić information content (AvgIpc) is 3.21. The van der Waals surface area contributed by atoms with Crippen LogP contribution in [0.4, 0.5) is 0 Å². The van der Waals surface area contributed by atoms with Crippen LogP contribution in [0.25, 0.3) is 0 Å². The van der Waals surface area contributed by atoms with Gasteiger partial charge in [0.05, 0.1) is 13.1 Å². The third kappa shape index (κ3) is 3.26. The van der Waals surface area contributed by atoms with Crippen LogP contribution >= 0.6 is 11.6 Å². The van der Waals surface area contributed by atoms with Gasteiger partial charge in [0.1, 0.15) is 6.04 Å². The number of fused-ring (bicyclic) bond motifs is 2. The van der Waals surface area contributed by atoms with Gasteiger partial charge in [0, 0.05) is 35.2 Å². The maximum absolute atomic E-state index is 12.8. The molecule has 2 aromatic carbocycles. The molecule has 0 aromatic heterocycles. The summed E-state index contributed by atoms with van der Waals surface area (Å²) in [5.41, 5.74) is 3.59. The molecule has 0 bridgehead atoms. The lowest BCUT2D eigenvalue weighted by Crippen LogP contribution is -2.52. The molecule has 3 aliphatic heterocycles. The smallest absolute Gasteiger partial charge is 0.255 e. The van der Waals surface area contributed by atoms with Crippen molar-refractivity contribution in [3.8, 4) is 5.75 Å². The molecule has 0 aliphatic carbocycles. The number of hydrogen-bond acceptors (Lipinski definition) is 5. The van der Waals surface area contributed by atoms with Crippen LogP contribution in [0.1, 0.15) is 39.9 Å². The van der Waals surface area contributed by atoms with Crippen LogP contribution in [-0.2, 0) is 29.2 Å². The number of benzene rings is 2. The van der Waals surface area contributed by atoms with Gasteiger partial charge in [-0.3, -0.25) is 19.7 Å². The van der Waals surface area contributed by atoms with Crippen molar-refractivity contribution in [1.82, 2.24) is 15.3 Å². The molecule has 3 aliphatic rings. The standard InChI is InChI=1S/C21H18ClN3O4/c22-15-3-2-13-10-24(29-18(13)8-15)9-12-1-4-16-14(7-12)11-25(21(16)28)17-5-6-19(26)23-20(17)27/h1-4,7-8,17H,5-6,9-11H2,(H,23,26,27). The Morgan fingerprint density at radius 2 is 1.93 bits per heavy atom. The summed E-state index contributed by atoms with van der Waals surface area (Å²) < 4.78 is 0. The van der Waals surface area contributed by atoms with Crippen LogP contribution in [0.2, 0.25) is 5.02 Å². The molecule has 148 valence electrons. The van der Waals surface area contributed by atoms with Gasteiger partial charge >= 0.3 is 0 Å². The van der Waals surface area contributed by atoms with Gasteiger partial charge in [-0.2, -0.15) is 0 Å². The van der Waals surface area contributed by atoms with Gasteiger partial charge in [0.15, 0.2) is 5.75 Å². The van der Waals surface area contributed by atoms with Gasteiger partial charge in [-0.1, -0.05) is 29.8 Å². The summed E-state index contributed by atoms with van der Waals surface area (Å²) in [6.45, 7) is 1.59. The zero-order chi connectivity index (χ0) is 20.1. The molecule has 1 unspecified atom stereocenters. The number of nitrogens with zero attached hydrogens (tertiary/aromatic N) is 2. The number of hydrogen-bond donors (Lipinski definition) is 1. The van der Waals surface area contributed by atoms with Crippen molar-refractivity contribution < 1.29 is 19.2 Å². The maximum atomic E-state index is 12.8. The SMILES string of the molecule is O=C1CCC(N2Cc3cc(CN4Cc5ccc(Cl)cc5O4)ccc3C2=O)C(=O)N1. The molecule has 0 radical (unpaired) electrons. The van der Waals surface area contributed by atoms with Gasteiger partial charge in [-0.05, 0) is 29.7 Å². The van der Waals surface area contributed by atoms with Crippen molar-refractivity contribution in [2.75, 3.05) is 0 Å². The Bertz CT molecular complexity index is 1050. The molecule has 1 atom stereocenters. The summed E-state index contributed by atoms with van der Waals surface area (Å²) in [4.78, 5) is 43.7. The van der Waals surface area contributed by atoms with Crippen LogP contribution in [0.3, 0.4) is 0 Å². The van der Waals surface area contributed by atoms with E-state index in [0.29, 0.717) is 36.6 Å². The number of halogens is 1. The van der Waals surface area contributed by atoms with E-state index in [9.17, 15) is 14.4 Å². The van der Waals surface area contributed by atoms with E-state index in [1.807, 2.05) is 29.3 Å². The summed E-state index contributed by atoms with van der Waals surface area (Å²) in [6, 6.07) is 10.7. The van der Waals surface area contributed by atoms with Gasteiger partial charge in [0.2, 0.25) is 11.8 Å². The molecule has 0 spiro atoms. The van der Waals surface area contributed by atoms with Crippen molar-refractivity contribution in [3.63, 3.8) is 0 Å². The molecule has 1 N–H and O–H groups in total. The number of nitrogens with one attached hydrogen (secondary N) is 1. The van der Waals surface area contributed by atoms with Crippen LogP contribution in [0, 0.1) is 0 Å². The minimum Gasteiger partial charge on any atom is -0.405 e. The molecule has 8 heteroatoms. The van der Waals surface area contributed by atoms with E-state index in [2.05, 4.69) is 5.32 Å². The third-order valence-corrected chi connectivity index (χ3v) is 5.79. The van der Waals surface area contributed by atoms with Crippen molar-refractivity contribution in [2.45, 2.75) is 38.5 Å². The molecular formula is C21H18ClN3O4. The van der Waals surface area contributed by atoms with Crippen LogP contribution < -0.4 is 10.2 Å². The van der Waals surface area contributed by atoms with E-state index in [1.165, 1.54) is 0 Å². The predicted molar refractivity (Wildman–Crippen MR) is 104 cm³/mol. The molecule has 3 heterocycles. The quantitative estimate of drug-likeness (QED) is 0.785. The summed E-state index contributed by atoms with van der Waals surface area (Å²) in [5.74, 6) is -0.0893. The second-order valence-electron chi connectivity index (χ2n) is 7.53. The molecule has 0 saturated carbocycles. The number of amides is 3. The lowest BCUT2D eigenvalue weighted by molar-refractivity contribution is -0.136. The van der Waals surface area contributed by atoms with Crippen LogP contribution in [0.15, 0.2) is 36.4 Å². The van der Waals surface area contributed by atoms with Gasteiger partial charge in [-0.25, -0.2) is 0 Å². The second-order valence-corrected chi connectivity index (χ2v) is 7.97. The Hall–Kier alpha value is -2.90. The number of rotatable bonds is 3. The van der Waals surface area contributed by atoms with E-state index in [4.69, 9.17) is 16.4 Å². The fourth-order valence-corrected chi connectivity index (χ4v) is 4.29. The van der Waals surface area contributed by atoms with Crippen molar-refractivity contribution in [2.24, 2.45) is 0 Å². The number of hydroxylamine groups is 2. The number of carbonyl (C=O) groups excluding carboxylic acids is 3. The number of piperidine rings is 1. The van der Waals surface area contributed by atoms with Gasteiger partial charge < -0.3 is 9.74 Å². The van der Waals surface area contributed by atoms with Crippen LogP contribution in [0.5, 0.6) is 5.75 Å². The van der Waals surface area contributed by atoms with E-state index in [0.717, 1.165) is 22.4 Å². The zero-order valence-corrected chi connectivity index (χ0v) is 16.2. The van der Waals surface area contributed by atoms with Gasteiger partial charge in [0.25, 0.3) is 5.91 Å².